The summed E-state index contributed by atoms with van der Waals surface area (Å²) in [5.74, 6) is -0.246. The largest absolute Gasteiger partial charge is 0.351 e. The molecule has 1 aliphatic carbocycles. The molecule has 3 N–H and O–H groups in total. The first-order chi connectivity index (χ1) is 7.80. The van der Waals surface area contributed by atoms with E-state index in [2.05, 4.69) is 12.2 Å². The zero-order valence-corrected chi connectivity index (χ0v) is 11.0. The van der Waals surface area contributed by atoms with Gasteiger partial charge in [-0.3, -0.25) is 4.79 Å². The third-order valence-corrected chi connectivity index (χ3v) is 5.28. The van der Waals surface area contributed by atoms with Crippen LogP contribution in [0.1, 0.15) is 30.1 Å². The fraction of sp³-hybridized carbons (Fsp3) is 0.500. The molecule has 0 radical (unpaired) electrons. The highest BCUT2D eigenvalue weighted by Gasteiger charge is 2.37. The number of carbonyl (C=O) groups is 1. The first kappa shape index (κ1) is 12.5. The number of amides is 1. The van der Waals surface area contributed by atoms with E-state index in [1.807, 2.05) is 0 Å². The molecular formula is C10H14N2O3S2. The van der Waals surface area contributed by atoms with Gasteiger partial charge in [0.15, 0.2) is 0 Å². The van der Waals surface area contributed by atoms with Crippen molar-refractivity contribution >= 4 is 27.3 Å². The van der Waals surface area contributed by atoms with E-state index in [0.717, 1.165) is 24.2 Å². The van der Waals surface area contributed by atoms with Gasteiger partial charge in [0.25, 0.3) is 5.91 Å². The molecule has 1 heterocycles. The molecule has 1 saturated carbocycles. The fourth-order valence-corrected chi connectivity index (χ4v) is 2.96. The van der Waals surface area contributed by atoms with Gasteiger partial charge in [-0.25, -0.2) is 13.6 Å². The predicted octanol–water partition coefficient (Wildman–Crippen LogP) is 0.925. The molecule has 1 aromatic rings. The first-order valence-corrected chi connectivity index (χ1v) is 7.62. The molecule has 1 aromatic heterocycles. The summed E-state index contributed by atoms with van der Waals surface area (Å²) in [5.41, 5.74) is 0.581. The summed E-state index contributed by atoms with van der Waals surface area (Å²) in [6.07, 6.45) is 2.25. The van der Waals surface area contributed by atoms with Crippen molar-refractivity contribution in [2.24, 2.45) is 10.6 Å². The Balaban J connectivity index is 2.02. The highest BCUT2D eigenvalue weighted by atomic mass is 32.2. The SMILES string of the molecule is CC1(CNC(=O)c2csc(S(N)(=O)=O)c2)CC1. The molecule has 1 amide bonds. The Morgan fingerprint density at radius 2 is 2.24 bits per heavy atom. The average Bonchev–Trinajstić information content (AvgIpc) is 2.79. The molecule has 0 atom stereocenters. The second-order valence-electron chi connectivity index (χ2n) is 4.69. The van der Waals surface area contributed by atoms with Crippen molar-refractivity contribution in [3.8, 4) is 0 Å². The van der Waals surface area contributed by atoms with Gasteiger partial charge in [-0.2, -0.15) is 0 Å². The van der Waals surface area contributed by atoms with Gasteiger partial charge in [-0.05, 0) is 24.3 Å². The Kier molecular flexibility index (Phi) is 3.01. The van der Waals surface area contributed by atoms with Crippen LogP contribution in [0.25, 0.3) is 0 Å². The minimum Gasteiger partial charge on any atom is -0.351 e. The van der Waals surface area contributed by atoms with Gasteiger partial charge in [0.05, 0.1) is 5.56 Å². The van der Waals surface area contributed by atoms with Crippen molar-refractivity contribution in [1.29, 1.82) is 0 Å². The third-order valence-electron chi connectivity index (χ3n) is 2.90. The summed E-state index contributed by atoms with van der Waals surface area (Å²) in [6, 6.07) is 1.31. The number of nitrogens with one attached hydrogen (secondary N) is 1. The Labute approximate surface area is 104 Å². The molecule has 94 valence electrons. The zero-order valence-electron chi connectivity index (χ0n) is 9.39. The smallest absolute Gasteiger partial charge is 0.252 e. The van der Waals surface area contributed by atoms with Crippen LogP contribution in [-0.4, -0.2) is 20.9 Å². The van der Waals surface area contributed by atoms with Crippen LogP contribution in [0.3, 0.4) is 0 Å². The van der Waals surface area contributed by atoms with Crippen LogP contribution >= 0.6 is 11.3 Å². The van der Waals surface area contributed by atoms with E-state index in [-0.39, 0.29) is 15.5 Å². The van der Waals surface area contributed by atoms with Gasteiger partial charge in [0.2, 0.25) is 10.0 Å². The summed E-state index contributed by atoms with van der Waals surface area (Å²) in [4.78, 5) is 11.7. The number of hydrogen-bond donors (Lipinski definition) is 2. The Morgan fingerprint density at radius 3 is 2.71 bits per heavy atom. The number of nitrogens with two attached hydrogens (primary N) is 1. The number of thiophene rings is 1. The second-order valence-corrected chi connectivity index (χ2v) is 7.39. The van der Waals surface area contributed by atoms with Crippen LogP contribution in [0.4, 0.5) is 0 Å². The van der Waals surface area contributed by atoms with Crippen LogP contribution in [-0.2, 0) is 10.0 Å². The van der Waals surface area contributed by atoms with Gasteiger partial charge in [0, 0.05) is 11.9 Å². The lowest BCUT2D eigenvalue weighted by atomic mass is 10.1. The van der Waals surface area contributed by atoms with E-state index in [0.29, 0.717) is 12.1 Å². The number of primary sulfonamides is 1. The Bertz CT molecular complexity index is 544. The lowest BCUT2D eigenvalue weighted by molar-refractivity contribution is 0.0946. The molecule has 17 heavy (non-hydrogen) atoms. The van der Waals surface area contributed by atoms with Crippen LogP contribution in [0, 0.1) is 5.41 Å². The van der Waals surface area contributed by atoms with E-state index >= 15 is 0 Å². The monoisotopic (exact) mass is 274 g/mol. The van der Waals surface area contributed by atoms with Crippen LogP contribution in [0.2, 0.25) is 0 Å². The number of hydrogen-bond acceptors (Lipinski definition) is 4. The van der Waals surface area contributed by atoms with Crippen molar-refractivity contribution in [3.05, 3.63) is 17.0 Å². The lowest BCUT2D eigenvalue weighted by Gasteiger charge is -2.08. The van der Waals surface area contributed by atoms with Gasteiger partial charge in [-0.15, -0.1) is 11.3 Å². The summed E-state index contributed by atoms with van der Waals surface area (Å²) in [6.45, 7) is 2.74. The van der Waals surface area contributed by atoms with Crippen LogP contribution in [0.15, 0.2) is 15.7 Å². The summed E-state index contributed by atoms with van der Waals surface area (Å²) >= 11 is 0.960. The molecule has 0 spiro atoms. The molecule has 0 aliphatic heterocycles. The van der Waals surface area contributed by atoms with Crippen LogP contribution in [0.5, 0.6) is 0 Å². The standard InChI is InChI=1S/C10H14N2O3S2/c1-10(2-3-10)6-12-9(13)7-4-8(16-5-7)17(11,14)15/h4-5H,2-3,6H2,1H3,(H,12,13)(H2,11,14,15). The minimum absolute atomic E-state index is 0.0142. The molecule has 0 saturated heterocycles. The lowest BCUT2D eigenvalue weighted by Crippen LogP contribution is -2.28. The van der Waals surface area contributed by atoms with Crippen molar-refractivity contribution in [2.75, 3.05) is 6.54 Å². The van der Waals surface area contributed by atoms with Crippen LogP contribution < -0.4 is 10.5 Å². The summed E-state index contributed by atoms with van der Waals surface area (Å²) in [5, 5.41) is 9.28. The molecular weight excluding hydrogens is 260 g/mol. The highest BCUT2D eigenvalue weighted by Crippen LogP contribution is 2.44. The van der Waals surface area contributed by atoms with E-state index in [4.69, 9.17) is 5.14 Å². The first-order valence-electron chi connectivity index (χ1n) is 5.20. The van der Waals surface area contributed by atoms with Crippen molar-refractivity contribution in [3.63, 3.8) is 0 Å². The average molecular weight is 274 g/mol. The maximum absolute atomic E-state index is 11.7. The third kappa shape index (κ3) is 3.05. The molecule has 2 rings (SSSR count). The van der Waals surface area contributed by atoms with Crippen molar-refractivity contribution in [1.82, 2.24) is 5.32 Å². The van der Waals surface area contributed by atoms with Gasteiger partial charge in [0.1, 0.15) is 4.21 Å². The van der Waals surface area contributed by atoms with Gasteiger partial charge < -0.3 is 5.32 Å². The summed E-state index contributed by atoms with van der Waals surface area (Å²) in [7, 11) is -3.71. The van der Waals surface area contributed by atoms with Crippen molar-refractivity contribution < 1.29 is 13.2 Å². The topological polar surface area (TPSA) is 89.3 Å². The van der Waals surface area contributed by atoms with E-state index in [1.165, 1.54) is 11.4 Å². The molecule has 5 nitrogen and oxygen atoms in total. The molecule has 0 bridgehead atoms. The number of rotatable bonds is 4. The number of carbonyl (C=O) groups excluding carboxylic acids is 1. The summed E-state index contributed by atoms with van der Waals surface area (Å²) < 4.78 is 22.1. The van der Waals surface area contributed by atoms with E-state index in [1.54, 1.807) is 0 Å². The quantitative estimate of drug-likeness (QED) is 0.855. The Hall–Kier alpha value is -0.920. The van der Waals surface area contributed by atoms with Crippen molar-refractivity contribution in [2.45, 2.75) is 24.0 Å². The maximum atomic E-state index is 11.7. The fourth-order valence-electron chi connectivity index (χ4n) is 1.37. The van der Waals surface area contributed by atoms with Gasteiger partial charge >= 0.3 is 0 Å². The molecule has 0 unspecified atom stereocenters. The molecule has 1 fully saturated rings. The normalized spacial score (nSPS) is 17.8. The molecule has 1 aliphatic rings. The maximum Gasteiger partial charge on any atom is 0.252 e. The second kappa shape index (κ2) is 4.08. The van der Waals surface area contributed by atoms with E-state index in [9.17, 15) is 13.2 Å². The van der Waals surface area contributed by atoms with E-state index < -0.39 is 10.0 Å². The molecule has 0 aromatic carbocycles. The Morgan fingerprint density at radius 1 is 1.59 bits per heavy atom. The van der Waals surface area contributed by atoms with Gasteiger partial charge in [-0.1, -0.05) is 6.92 Å². The zero-order chi connectivity index (χ0) is 12.7. The highest BCUT2D eigenvalue weighted by molar-refractivity contribution is 7.91. The minimum atomic E-state index is -3.71. The predicted molar refractivity (Wildman–Crippen MR) is 65.4 cm³/mol. The molecule has 7 heteroatoms. The number of sulfonamides is 1.